The predicted molar refractivity (Wildman–Crippen MR) is 135 cm³/mol. The number of rotatable bonds is 5. The van der Waals surface area contributed by atoms with Gasteiger partial charge in [-0.15, -0.1) is 16.4 Å². The van der Waals surface area contributed by atoms with Crippen LogP contribution in [0.1, 0.15) is 52.4 Å². The quantitative estimate of drug-likeness (QED) is 0.390. The van der Waals surface area contributed by atoms with Crippen molar-refractivity contribution in [1.82, 2.24) is 24.9 Å². The van der Waals surface area contributed by atoms with Gasteiger partial charge in [0, 0.05) is 29.0 Å². The molecule has 186 valence electrons. The lowest BCUT2D eigenvalue weighted by molar-refractivity contribution is 0.355. The van der Waals surface area contributed by atoms with E-state index in [4.69, 9.17) is 5.10 Å². The molecule has 3 aromatic heterocycles. The average molecular weight is 511 g/mol. The van der Waals surface area contributed by atoms with Crippen LogP contribution in [0.15, 0.2) is 42.7 Å². The number of alkyl halides is 1. The van der Waals surface area contributed by atoms with Gasteiger partial charge in [0.1, 0.15) is 23.6 Å². The van der Waals surface area contributed by atoms with Crippen LogP contribution in [0, 0.1) is 11.6 Å². The van der Waals surface area contributed by atoms with Crippen molar-refractivity contribution >= 4 is 35.0 Å². The SMILES string of the molecule is Fc1ccc(F)c([C@H]2C[C@H](F)CN2c2ccc3ncc(/C=C/c4cnc(C5CCNCC5)s4)n3n2)c1. The van der Waals surface area contributed by atoms with Gasteiger partial charge in [-0.2, -0.15) is 0 Å². The van der Waals surface area contributed by atoms with E-state index in [9.17, 15) is 13.2 Å². The lowest BCUT2D eigenvalue weighted by Gasteiger charge is -2.26. The molecule has 1 N–H and O–H groups in total. The molecule has 2 aliphatic heterocycles. The lowest BCUT2D eigenvalue weighted by atomic mass is 9.99. The van der Waals surface area contributed by atoms with Crippen LogP contribution in [-0.2, 0) is 0 Å². The maximum atomic E-state index is 14.5. The molecule has 6 rings (SSSR count). The van der Waals surface area contributed by atoms with Crippen molar-refractivity contribution in [1.29, 1.82) is 0 Å². The predicted octanol–water partition coefficient (Wildman–Crippen LogP) is 5.39. The van der Waals surface area contributed by atoms with Gasteiger partial charge in [-0.1, -0.05) is 0 Å². The Balaban J connectivity index is 1.28. The molecule has 2 atom stereocenters. The Morgan fingerprint density at radius 3 is 2.75 bits per heavy atom. The number of anilines is 1. The minimum atomic E-state index is -1.17. The minimum absolute atomic E-state index is 0.0549. The third-order valence-corrected chi connectivity index (χ3v) is 8.01. The topological polar surface area (TPSA) is 58.4 Å². The highest BCUT2D eigenvalue weighted by atomic mass is 32.1. The minimum Gasteiger partial charge on any atom is -0.345 e. The summed E-state index contributed by atoms with van der Waals surface area (Å²) in [4.78, 5) is 11.8. The molecule has 0 bridgehead atoms. The summed E-state index contributed by atoms with van der Waals surface area (Å²) in [6.45, 7) is 2.11. The molecular formula is C26H25F3N6S. The fraction of sp³-hybridized carbons (Fsp3) is 0.346. The van der Waals surface area contributed by atoms with Gasteiger partial charge in [0.2, 0.25) is 0 Å². The van der Waals surface area contributed by atoms with Gasteiger partial charge in [0.25, 0.3) is 0 Å². The fourth-order valence-corrected chi connectivity index (χ4v) is 6.04. The molecule has 1 aromatic carbocycles. The summed E-state index contributed by atoms with van der Waals surface area (Å²) in [6.07, 6.45) is 8.66. The Morgan fingerprint density at radius 1 is 1.03 bits per heavy atom. The van der Waals surface area contributed by atoms with E-state index < -0.39 is 23.8 Å². The van der Waals surface area contributed by atoms with E-state index in [1.54, 1.807) is 39.1 Å². The van der Waals surface area contributed by atoms with Crippen molar-refractivity contribution in [2.75, 3.05) is 24.5 Å². The average Bonchev–Trinajstić information content (AvgIpc) is 3.63. The second-order valence-corrected chi connectivity index (χ2v) is 10.4. The van der Waals surface area contributed by atoms with Crippen LogP contribution in [0.5, 0.6) is 0 Å². The molecule has 5 heterocycles. The molecule has 6 nitrogen and oxygen atoms in total. The van der Waals surface area contributed by atoms with E-state index >= 15 is 0 Å². The molecular weight excluding hydrogens is 485 g/mol. The normalized spacial score (nSPS) is 21.2. The van der Waals surface area contributed by atoms with Gasteiger partial charge in [-0.05, 0) is 68.4 Å². The summed E-state index contributed by atoms with van der Waals surface area (Å²) < 4.78 is 44.5. The van der Waals surface area contributed by atoms with E-state index in [-0.39, 0.29) is 18.5 Å². The zero-order valence-corrected chi connectivity index (χ0v) is 20.3. The summed E-state index contributed by atoms with van der Waals surface area (Å²) in [6, 6.07) is 6.19. The van der Waals surface area contributed by atoms with Crippen LogP contribution < -0.4 is 10.2 Å². The highest BCUT2D eigenvalue weighted by Crippen LogP contribution is 2.38. The number of nitrogens with zero attached hydrogens (tertiary/aromatic N) is 5. The van der Waals surface area contributed by atoms with Crippen LogP contribution in [0.4, 0.5) is 19.0 Å². The number of thiazole rings is 1. The van der Waals surface area contributed by atoms with Crippen LogP contribution in [-0.4, -0.2) is 45.4 Å². The molecule has 36 heavy (non-hydrogen) atoms. The van der Waals surface area contributed by atoms with Gasteiger partial charge >= 0.3 is 0 Å². The largest absolute Gasteiger partial charge is 0.345 e. The number of hydrogen-bond donors (Lipinski definition) is 1. The van der Waals surface area contributed by atoms with Gasteiger partial charge in [-0.3, -0.25) is 0 Å². The molecule has 2 aliphatic rings. The first-order chi connectivity index (χ1) is 17.5. The van der Waals surface area contributed by atoms with Crippen molar-refractivity contribution in [3.8, 4) is 0 Å². The molecule has 4 aromatic rings. The van der Waals surface area contributed by atoms with E-state index in [1.807, 2.05) is 18.3 Å². The highest BCUT2D eigenvalue weighted by Gasteiger charge is 2.36. The highest BCUT2D eigenvalue weighted by molar-refractivity contribution is 7.12. The zero-order chi connectivity index (χ0) is 24.6. The smallest absolute Gasteiger partial charge is 0.154 e. The van der Waals surface area contributed by atoms with Crippen LogP contribution in [0.3, 0.4) is 0 Å². The fourth-order valence-electron chi connectivity index (χ4n) is 5.05. The Morgan fingerprint density at radius 2 is 1.89 bits per heavy atom. The van der Waals surface area contributed by atoms with Crippen LogP contribution in [0.25, 0.3) is 17.8 Å². The molecule has 0 spiro atoms. The third-order valence-electron chi connectivity index (χ3n) is 6.88. The number of halogens is 3. The summed E-state index contributed by atoms with van der Waals surface area (Å²) in [7, 11) is 0. The van der Waals surface area contributed by atoms with Crippen LogP contribution >= 0.6 is 11.3 Å². The second-order valence-electron chi connectivity index (χ2n) is 9.27. The Labute approximate surface area is 210 Å². The summed E-state index contributed by atoms with van der Waals surface area (Å²) in [5, 5.41) is 9.25. The Hall–Kier alpha value is -3.24. The van der Waals surface area contributed by atoms with Crippen molar-refractivity contribution in [2.24, 2.45) is 0 Å². The molecule has 2 fully saturated rings. The first-order valence-corrected chi connectivity index (χ1v) is 12.9. The van der Waals surface area contributed by atoms with Crippen molar-refractivity contribution in [2.45, 2.75) is 37.4 Å². The first-order valence-electron chi connectivity index (χ1n) is 12.1. The molecule has 0 radical (unpaired) electrons. The van der Waals surface area contributed by atoms with Gasteiger partial charge in [0.15, 0.2) is 5.65 Å². The number of aromatic nitrogens is 4. The van der Waals surface area contributed by atoms with Crippen LogP contribution in [0.2, 0.25) is 0 Å². The van der Waals surface area contributed by atoms with Crippen molar-refractivity contribution in [3.05, 3.63) is 75.5 Å². The third kappa shape index (κ3) is 4.51. The molecule has 2 saturated heterocycles. The number of piperidine rings is 1. The van der Waals surface area contributed by atoms with Gasteiger partial charge in [-0.25, -0.2) is 27.7 Å². The number of imidazole rings is 1. The summed E-state index contributed by atoms with van der Waals surface area (Å²) in [5.74, 6) is -0.115. The molecule has 0 aliphatic carbocycles. The first kappa shape index (κ1) is 23.2. The van der Waals surface area contributed by atoms with Gasteiger partial charge < -0.3 is 10.2 Å². The lowest BCUT2D eigenvalue weighted by Crippen LogP contribution is -2.26. The number of benzene rings is 1. The van der Waals surface area contributed by atoms with Gasteiger partial charge in [0.05, 0.1) is 29.5 Å². The molecule has 0 amide bonds. The van der Waals surface area contributed by atoms with E-state index in [2.05, 4.69) is 15.3 Å². The zero-order valence-electron chi connectivity index (χ0n) is 19.4. The molecule has 0 saturated carbocycles. The Kier molecular flexibility index (Phi) is 6.22. The van der Waals surface area contributed by atoms with E-state index in [0.29, 0.717) is 17.4 Å². The van der Waals surface area contributed by atoms with E-state index in [1.165, 1.54) is 5.01 Å². The Bertz CT molecular complexity index is 1410. The maximum absolute atomic E-state index is 14.5. The summed E-state index contributed by atoms with van der Waals surface area (Å²) >= 11 is 1.70. The standard InChI is InChI=1S/C26H25F3N6S/c27-17-1-4-22(29)21(11-17)23-12-18(28)15-34(23)25-6-5-24-31-13-19(35(24)33-25)2-3-20-14-32-26(36-20)16-7-9-30-10-8-16/h1-6,11,13-14,16,18,23,30H,7-10,12,15H2/b3-2+/t18-,23+/m0/s1. The number of hydrogen-bond acceptors (Lipinski definition) is 6. The van der Waals surface area contributed by atoms with Crippen molar-refractivity contribution < 1.29 is 13.2 Å². The summed E-state index contributed by atoms with van der Waals surface area (Å²) in [5.41, 5.74) is 1.54. The van der Waals surface area contributed by atoms with E-state index in [0.717, 1.165) is 54.7 Å². The maximum Gasteiger partial charge on any atom is 0.154 e. The number of nitrogens with one attached hydrogen (secondary N) is 1. The molecule has 10 heteroatoms. The number of fused-ring (bicyclic) bond motifs is 1. The second kappa shape index (κ2) is 9.67. The molecule has 0 unspecified atom stereocenters. The monoisotopic (exact) mass is 510 g/mol. The van der Waals surface area contributed by atoms with Crippen molar-refractivity contribution in [3.63, 3.8) is 0 Å².